The van der Waals surface area contributed by atoms with Crippen LogP contribution in [0.5, 0.6) is 0 Å². The van der Waals surface area contributed by atoms with Crippen molar-refractivity contribution in [1.29, 1.82) is 0 Å². The third-order valence-corrected chi connectivity index (χ3v) is 7.53. The predicted molar refractivity (Wildman–Crippen MR) is 120 cm³/mol. The third kappa shape index (κ3) is 4.34. The molecule has 0 spiro atoms. The fraction of sp³-hybridized carbons (Fsp3) is 0.333. The van der Waals surface area contributed by atoms with Gasteiger partial charge < -0.3 is 10.2 Å². The minimum atomic E-state index is -3.60. The van der Waals surface area contributed by atoms with Gasteiger partial charge in [0.05, 0.1) is 4.90 Å². The topological polar surface area (TPSA) is 113 Å². The number of carbonyl (C=O) groups is 1. The van der Waals surface area contributed by atoms with Crippen LogP contribution in [-0.4, -0.2) is 70.0 Å². The number of anilines is 1. The summed E-state index contributed by atoms with van der Waals surface area (Å²) in [5, 5.41) is 14.3. The predicted octanol–water partition coefficient (Wildman–Crippen LogP) is 2.03. The van der Waals surface area contributed by atoms with Crippen molar-refractivity contribution < 1.29 is 13.2 Å². The number of amides is 2. The van der Waals surface area contributed by atoms with Crippen molar-refractivity contribution in [2.24, 2.45) is 7.05 Å². The second-order valence-electron chi connectivity index (χ2n) is 7.80. The number of hydrogen-bond acceptors (Lipinski definition) is 6. The molecule has 2 heterocycles. The highest BCUT2D eigenvalue weighted by Crippen LogP contribution is 2.23. The van der Waals surface area contributed by atoms with E-state index in [1.807, 2.05) is 25.1 Å². The summed E-state index contributed by atoms with van der Waals surface area (Å²) >= 11 is 0. The van der Waals surface area contributed by atoms with Gasteiger partial charge in [-0.2, -0.15) is 4.31 Å². The molecule has 0 aliphatic carbocycles. The molecule has 10 nitrogen and oxygen atoms in total. The summed E-state index contributed by atoms with van der Waals surface area (Å²) in [7, 11) is -1.86. The Kier molecular flexibility index (Phi) is 5.94. The van der Waals surface area contributed by atoms with Crippen LogP contribution in [0.25, 0.3) is 11.4 Å². The summed E-state index contributed by atoms with van der Waals surface area (Å²) in [6, 6.07) is 12.3. The standard InChI is InChI=1S/C21H25N7O3S/c1-15-7-8-19(16(2)13-15)32(30,31)28-11-9-27(10-12-28)21(29)22-18-6-4-5-17(14-18)20-23-24-25-26(20)3/h4-8,13-14H,9-12H2,1-3H3,(H,22,29). The quantitative estimate of drug-likeness (QED) is 0.644. The summed E-state index contributed by atoms with van der Waals surface area (Å²) < 4.78 is 29.1. The van der Waals surface area contributed by atoms with Crippen molar-refractivity contribution in [3.8, 4) is 11.4 Å². The number of carbonyl (C=O) groups excluding carboxylic acids is 1. The number of urea groups is 1. The molecule has 1 saturated heterocycles. The average Bonchev–Trinajstić information content (AvgIpc) is 3.19. The highest BCUT2D eigenvalue weighted by atomic mass is 32.2. The van der Waals surface area contributed by atoms with Crippen LogP contribution in [0.3, 0.4) is 0 Å². The number of benzene rings is 2. The number of nitrogens with zero attached hydrogens (tertiary/aromatic N) is 6. The van der Waals surface area contributed by atoms with Crippen LogP contribution in [0.4, 0.5) is 10.5 Å². The van der Waals surface area contributed by atoms with Gasteiger partial charge in [-0.1, -0.05) is 29.8 Å². The number of aryl methyl sites for hydroxylation is 3. The van der Waals surface area contributed by atoms with Crippen molar-refractivity contribution in [2.45, 2.75) is 18.7 Å². The molecule has 3 aromatic rings. The van der Waals surface area contributed by atoms with Gasteiger partial charge >= 0.3 is 6.03 Å². The average molecular weight is 456 g/mol. The van der Waals surface area contributed by atoms with E-state index >= 15 is 0 Å². The fourth-order valence-electron chi connectivity index (χ4n) is 3.77. The molecule has 32 heavy (non-hydrogen) atoms. The van der Waals surface area contributed by atoms with E-state index in [1.54, 1.807) is 47.8 Å². The number of tetrazole rings is 1. The van der Waals surface area contributed by atoms with Crippen molar-refractivity contribution >= 4 is 21.7 Å². The molecular weight excluding hydrogens is 430 g/mol. The maximum absolute atomic E-state index is 13.1. The molecule has 0 unspecified atom stereocenters. The molecule has 0 radical (unpaired) electrons. The van der Waals surface area contributed by atoms with E-state index in [4.69, 9.17) is 0 Å². The second kappa shape index (κ2) is 8.67. The second-order valence-corrected chi connectivity index (χ2v) is 9.70. The molecule has 1 aromatic heterocycles. The fourth-order valence-corrected chi connectivity index (χ4v) is 5.40. The van der Waals surface area contributed by atoms with E-state index in [-0.39, 0.29) is 19.1 Å². The van der Waals surface area contributed by atoms with Gasteiger partial charge in [-0.3, -0.25) is 0 Å². The minimum Gasteiger partial charge on any atom is -0.322 e. The lowest BCUT2D eigenvalue weighted by Crippen LogP contribution is -2.51. The first-order chi connectivity index (χ1) is 15.3. The zero-order valence-corrected chi connectivity index (χ0v) is 19.0. The van der Waals surface area contributed by atoms with Crippen LogP contribution >= 0.6 is 0 Å². The highest BCUT2D eigenvalue weighted by Gasteiger charge is 2.31. The van der Waals surface area contributed by atoms with Crippen molar-refractivity contribution in [3.63, 3.8) is 0 Å². The van der Waals surface area contributed by atoms with Crippen LogP contribution in [0.1, 0.15) is 11.1 Å². The summed E-state index contributed by atoms with van der Waals surface area (Å²) in [6.45, 7) is 4.84. The molecule has 0 saturated carbocycles. The molecule has 2 amide bonds. The van der Waals surface area contributed by atoms with Gasteiger partial charge in [0.15, 0.2) is 5.82 Å². The first-order valence-electron chi connectivity index (χ1n) is 10.2. The first kappa shape index (κ1) is 21.9. The first-order valence-corrected chi connectivity index (χ1v) is 11.7. The monoisotopic (exact) mass is 455 g/mol. The number of nitrogens with one attached hydrogen (secondary N) is 1. The zero-order valence-electron chi connectivity index (χ0n) is 18.2. The molecule has 0 bridgehead atoms. The van der Waals surface area contributed by atoms with Crippen LogP contribution in [0.2, 0.25) is 0 Å². The van der Waals surface area contributed by atoms with Crippen LogP contribution in [0.15, 0.2) is 47.4 Å². The minimum absolute atomic E-state index is 0.244. The van der Waals surface area contributed by atoms with Gasteiger partial charge in [-0.15, -0.1) is 5.10 Å². The summed E-state index contributed by atoms with van der Waals surface area (Å²) in [6.07, 6.45) is 0. The van der Waals surface area contributed by atoms with E-state index in [0.29, 0.717) is 29.5 Å². The Hall–Kier alpha value is -3.31. The van der Waals surface area contributed by atoms with Crippen molar-refractivity contribution in [3.05, 3.63) is 53.6 Å². The Labute approximate surface area is 186 Å². The molecule has 1 aliphatic rings. The highest BCUT2D eigenvalue weighted by molar-refractivity contribution is 7.89. The normalized spacial score (nSPS) is 15.0. The summed E-state index contributed by atoms with van der Waals surface area (Å²) in [5.74, 6) is 0.589. The molecule has 168 valence electrons. The summed E-state index contributed by atoms with van der Waals surface area (Å²) in [5.41, 5.74) is 3.13. The Balaban J connectivity index is 1.40. The van der Waals surface area contributed by atoms with Gasteiger partial charge in [-0.25, -0.2) is 17.9 Å². The van der Waals surface area contributed by atoms with Crippen LogP contribution < -0.4 is 5.32 Å². The van der Waals surface area contributed by atoms with E-state index < -0.39 is 10.0 Å². The van der Waals surface area contributed by atoms with E-state index in [9.17, 15) is 13.2 Å². The molecule has 11 heteroatoms. The molecule has 1 fully saturated rings. The lowest BCUT2D eigenvalue weighted by Gasteiger charge is -2.34. The van der Waals surface area contributed by atoms with Crippen molar-refractivity contribution in [1.82, 2.24) is 29.4 Å². The van der Waals surface area contributed by atoms with E-state index in [0.717, 1.165) is 16.7 Å². The number of piperazine rings is 1. The molecule has 1 N–H and O–H groups in total. The third-order valence-electron chi connectivity index (χ3n) is 5.47. The van der Waals surface area contributed by atoms with Gasteiger partial charge in [0, 0.05) is 44.5 Å². The Morgan fingerprint density at radius 2 is 1.78 bits per heavy atom. The molecule has 2 aromatic carbocycles. The molecule has 4 rings (SSSR count). The Morgan fingerprint density at radius 1 is 1.03 bits per heavy atom. The molecule has 1 aliphatic heterocycles. The Morgan fingerprint density at radius 3 is 2.44 bits per heavy atom. The number of rotatable bonds is 4. The SMILES string of the molecule is Cc1ccc(S(=O)(=O)N2CCN(C(=O)Nc3cccc(-c4nnnn4C)c3)CC2)c(C)c1. The maximum atomic E-state index is 13.1. The van der Waals surface area contributed by atoms with Crippen LogP contribution in [-0.2, 0) is 17.1 Å². The smallest absolute Gasteiger partial charge is 0.321 e. The van der Waals surface area contributed by atoms with Gasteiger partial charge in [-0.05, 0) is 48.0 Å². The number of sulfonamides is 1. The van der Waals surface area contributed by atoms with E-state index in [2.05, 4.69) is 20.8 Å². The lowest BCUT2D eigenvalue weighted by atomic mass is 10.2. The molecular formula is C21H25N7O3S. The van der Waals surface area contributed by atoms with Crippen molar-refractivity contribution in [2.75, 3.05) is 31.5 Å². The number of hydrogen-bond donors (Lipinski definition) is 1. The largest absolute Gasteiger partial charge is 0.322 e. The molecule has 0 atom stereocenters. The van der Waals surface area contributed by atoms with Gasteiger partial charge in [0.25, 0.3) is 0 Å². The summed E-state index contributed by atoms with van der Waals surface area (Å²) in [4.78, 5) is 14.7. The lowest BCUT2D eigenvalue weighted by molar-refractivity contribution is 0.184. The zero-order chi connectivity index (χ0) is 22.9. The van der Waals surface area contributed by atoms with E-state index in [1.165, 1.54) is 4.31 Å². The maximum Gasteiger partial charge on any atom is 0.321 e. The van der Waals surface area contributed by atoms with Crippen LogP contribution in [0, 0.1) is 13.8 Å². The van der Waals surface area contributed by atoms with Gasteiger partial charge in [0.2, 0.25) is 10.0 Å². The Bertz CT molecular complexity index is 1250. The van der Waals surface area contributed by atoms with Gasteiger partial charge in [0.1, 0.15) is 0 Å². The number of aromatic nitrogens is 4.